The minimum atomic E-state index is 0.326. The molecule has 6 nitrogen and oxygen atoms in total. The Morgan fingerprint density at radius 3 is 2.96 bits per heavy atom. The molecule has 2 aromatic heterocycles. The molecule has 2 heterocycles. The van der Waals surface area contributed by atoms with Crippen LogP contribution in [-0.2, 0) is 13.0 Å². The van der Waals surface area contributed by atoms with Gasteiger partial charge in [-0.05, 0) is 49.4 Å². The Morgan fingerprint density at radius 2 is 2.20 bits per heavy atom. The molecule has 0 atom stereocenters. The number of hydrogen-bond donors (Lipinski definition) is 2. The lowest BCUT2D eigenvalue weighted by Gasteiger charge is -2.14. The van der Waals surface area contributed by atoms with Gasteiger partial charge in [0.25, 0.3) is 0 Å². The summed E-state index contributed by atoms with van der Waals surface area (Å²) in [5.74, 6) is 2.44. The molecule has 1 aliphatic rings. The average Bonchev–Trinajstić information content (AvgIpc) is 3.32. The van der Waals surface area contributed by atoms with Gasteiger partial charge < -0.3 is 19.8 Å². The Balaban J connectivity index is 1.44. The maximum absolute atomic E-state index is 5.96. The van der Waals surface area contributed by atoms with E-state index in [1.807, 2.05) is 24.3 Å². The highest BCUT2D eigenvalue weighted by molar-refractivity contribution is 5.79. The molecule has 0 spiro atoms. The first-order valence-electron chi connectivity index (χ1n) is 8.92. The van der Waals surface area contributed by atoms with Gasteiger partial charge in [0, 0.05) is 38.8 Å². The van der Waals surface area contributed by atoms with Gasteiger partial charge >= 0.3 is 0 Å². The van der Waals surface area contributed by atoms with Crippen LogP contribution in [-0.4, -0.2) is 30.6 Å². The van der Waals surface area contributed by atoms with Crippen LogP contribution in [0.3, 0.4) is 0 Å². The van der Waals surface area contributed by atoms with Gasteiger partial charge in [0.2, 0.25) is 5.88 Å². The molecule has 0 bridgehead atoms. The highest BCUT2D eigenvalue weighted by atomic mass is 16.5. The van der Waals surface area contributed by atoms with Crippen LogP contribution in [0.2, 0.25) is 0 Å². The summed E-state index contributed by atoms with van der Waals surface area (Å²) in [5, 5.41) is 6.59. The van der Waals surface area contributed by atoms with Gasteiger partial charge in [-0.2, -0.15) is 0 Å². The highest BCUT2D eigenvalue weighted by Gasteiger charge is 2.17. The van der Waals surface area contributed by atoms with Gasteiger partial charge in [0.05, 0.1) is 6.26 Å². The molecule has 2 aromatic rings. The number of aliphatic imine (C=N–C) groups is 1. The second-order valence-electron chi connectivity index (χ2n) is 6.21. The summed E-state index contributed by atoms with van der Waals surface area (Å²) < 4.78 is 11.3. The van der Waals surface area contributed by atoms with E-state index in [1.54, 1.807) is 19.5 Å². The van der Waals surface area contributed by atoms with Crippen molar-refractivity contribution in [2.75, 3.05) is 13.6 Å². The van der Waals surface area contributed by atoms with Crippen LogP contribution in [0.25, 0.3) is 0 Å². The van der Waals surface area contributed by atoms with Crippen molar-refractivity contribution in [3.63, 3.8) is 0 Å². The van der Waals surface area contributed by atoms with Gasteiger partial charge in [-0.3, -0.25) is 4.99 Å². The molecule has 6 heteroatoms. The molecule has 0 aliphatic heterocycles. The maximum Gasteiger partial charge on any atom is 0.213 e. The van der Waals surface area contributed by atoms with Gasteiger partial charge in [0.1, 0.15) is 11.9 Å². The monoisotopic (exact) mass is 342 g/mol. The molecule has 0 radical (unpaired) electrons. The molecule has 1 saturated carbocycles. The van der Waals surface area contributed by atoms with E-state index in [0.717, 1.165) is 43.1 Å². The number of nitrogens with one attached hydrogen (secondary N) is 2. The summed E-state index contributed by atoms with van der Waals surface area (Å²) in [5.41, 5.74) is 1.12. The number of ether oxygens (including phenoxy) is 1. The van der Waals surface area contributed by atoms with Crippen LogP contribution < -0.4 is 15.4 Å². The summed E-state index contributed by atoms with van der Waals surface area (Å²) in [4.78, 5) is 8.57. The number of nitrogens with zero attached hydrogens (tertiary/aromatic N) is 2. The summed E-state index contributed by atoms with van der Waals surface area (Å²) in [6, 6.07) is 7.86. The zero-order valence-electron chi connectivity index (χ0n) is 14.7. The number of hydrogen-bond acceptors (Lipinski definition) is 4. The molecular formula is C19H26N4O2. The van der Waals surface area contributed by atoms with Crippen LogP contribution in [0.5, 0.6) is 5.88 Å². The molecule has 1 fully saturated rings. The van der Waals surface area contributed by atoms with Crippen LogP contribution in [0.1, 0.15) is 37.0 Å². The highest BCUT2D eigenvalue weighted by Crippen LogP contribution is 2.23. The van der Waals surface area contributed by atoms with Crippen molar-refractivity contribution in [2.24, 2.45) is 4.99 Å². The third-order valence-corrected chi connectivity index (χ3v) is 4.32. The SMILES string of the molecule is CN=C(NCCc1ccco1)NCc1ccnc(OC2CCCC2)c1. The Morgan fingerprint density at radius 1 is 1.32 bits per heavy atom. The number of pyridine rings is 1. The summed E-state index contributed by atoms with van der Waals surface area (Å²) >= 11 is 0. The van der Waals surface area contributed by atoms with E-state index in [4.69, 9.17) is 9.15 Å². The van der Waals surface area contributed by atoms with E-state index in [2.05, 4.69) is 20.6 Å². The third-order valence-electron chi connectivity index (χ3n) is 4.32. The first kappa shape index (κ1) is 17.3. The average molecular weight is 342 g/mol. The molecule has 2 N–H and O–H groups in total. The molecule has 25 heavy (non-hydrogen) atoms. The minimum Gasteiger partial charge on any atom is -0.474 e. The quantitative estimate of drug-likeness (QED) is 0.598. The fourth-order valence-electron chi connectivity index (χ4n) is 2.97. The van der Waals surface area contributed by atoms with E-state index in [1.165, 1.54) is 12.8 Å². The third kappa shape index (κ3) is 5.52. The molecule has 134 valence electrons. The van der Waals surface area contributed by atoms with Crippen molar-refractivity contribution in [2.45, 2.75) is 44.8 Å². The van der Waals surface area contributed by atoms with Crippen molar-refractivity contribution >= 4 is 5.96 Å². The van der Waals surface area contributed by atoms with Crippen molar-refractivity contribution < 1.29 is 9.15 Å². The van der Waals surface area contributed by atoms with Crippen LogP contribution in [0.15, 0.2) is 46.1 Å². The smallest absolute Gasteiger partial charge is 0.213 e. The molecule has 1 aliphatic carbocycles. The zero-order chi connectivity index (χ0) is 17.3. The zero-order valence-corrected chi connectivity index (χ0v) is 14.7. The molecule has 0 aromatic carbocycles. The molecule has 0 saturated heterocycles. The second-order valence-corrected chi connectivity index (χ2v) is 6.21. The Labute approximate surface area is 148 Å². The normalized spacial score (nSPS) is 15.3. The first-order chi connectivity index (χ1) is 12.3. The predicted molar refractivity (Wildman–Crippen MR) is 97.7 cm³/mol. The number of guanidine groups is 1. The van der Waals surface area contributed by atoms with Crippen molar-refractivity contribution in [1.82, 2.24) is 15.6 Å². The fraction of sp³-hybridized carbons (Fsp3) is 0.474. The number of aromatic nitrogens is 1. The van der Waals surface area contributed by atoms with Crippen LogP contribution in [0, 0.1) is 0 Å². The van der Waals surface area contributed by atoms with Crippen molar-refractivity contribution in [3.8, 4) is 5.88 Å². The number of rotatable bonds is 7. The Kier molecular flexibility index (Phi) is 6.31. The number of furan rings is 1. The lowest BCUT2D eigenvalue weighted by Crippen LogP contribution is -2.37. The van der Waals surface area contributed by atoms with Gasteiger partial charge in [-0.25, -0.2) is 4.98 Å². The standard InChI is InChI=1S/C19H26N4O2/c1-20-19(22-11-9-16-7-4-12-24-16)23-14-15-8-10-21-18(13-15)25-17-5-2-3-6-17/h4,7-8,10,12-13,17H,2-3,5-6,9,11,14H2,1H3,(H2,20,22,23). The molecule has 3 rings (SSSR count). The molecular weight excluding hydrogens is 316 g/mol. The lowest BCUT2D eigenvalue weighted by molar-refractivity contribution is 0.201. The van der Waals surface area contributed by atoms with Crippen LogP contribution >= 0.6 is 0 Å². The van der Waals surface area contributed by atoms with E-state index in [0.29, 0.717) is 18.5 Å². The van der Waals surface area contributed by atoms with E-state index >= 15 is 0 Å². The summed E-state index contributed by atoms with van der Waals surface area (Å²) in [7, 11) is 1.77. The van der Waals surface area contributed by atoms with E-state index in [9.17, 15) is 0 Å². The largest absolute Gasteiger partial charge is 0.474 e. The topological polar surface area (TPSA) is 71.7 Å². The van der Waals surface area contributed by atoms with E-state index < -0.39 is 0 Å². The Hall–Kier alpha value is -2.50. The summed E-state index contributed by atoms with van der Waals surface area (Å²) in [6.07, 6.45) is 9.42. The van der Waals surface area contributed by atoms with Gasteiger partial charge in [-0.1, -0.05) is 0 Å². The van der Waals surface area contributed by atoms with Crippen molar-refractivity contribution in [1.29, 1.82) is 0 Å². The van der Waals surface area contributed by atoms with E-state index in [-0.39, 0.29) is 0 Å². The van der Waals surface area contributed by atoms with Crippen molar-refractivity contribution in [3.05, 3.63) is 48.0 Å². The molecule has 0 unspecified atom stereocenters. The Bertz CT molecular complexity index is 664. The first-order valence-corrected chi connectivity index (χ1v) is 8.92. The molecule has 0 amide bonds. The second kappa shape index (κ2) is 9.11. The maximum atomic E-state index is 5.96. The minimum absolute atomic E-state index is 0.326. The van der Waals surface area contributed by atoms with Crippen LogP contribution in [0.4, 0.5) is 0 Å². The van der Waals surface area contributed by atoms with Gasteiger partial charge in [-0.15, -0.1) is 0 Å². The lowest BCUT2D eigenvalue weighted by atomic mass is 10.2. The summed E-state index contributed by atoms with van der Waals surface area (Å²) in [6.45, 7) is 1.43. The fourth-order valence-corrected chi connectivity index (χ4v) is 2.97. The predicted octanol–water partition coefficient (Wildman–Crippen LogP) is 2.90. The van der Waals surface area contributed by atoms with Gasteiger partial charge in [0.15, 0.2) is 5.96 Å².